The number of nitrogens with zero attached hydrogens (tertiary/aromatic N) is 3. The Morgan fingerprint density at radius 3 is 2.65 bits per heavy atom. The van der Waals surface area contributed by atoms with Crippen molar-refractivity contribution < 1.29 is 0 Å². The molecule has 0 aromatic carbocycles. The second kappa shape index (κ2) is 8.34. The van der Waals surface area contributed by atoms with Crippen LogP contribution in [0.4, 0.5) is 0 Å². The second-order valence-corrected chi connectivity index (χ2v) is 7.44. The predicted molar refractivity (Wildman–Crippen MR) is 97.0 cm³/mol. The zero-order valence-electron chi connectivity index (χ0n) is 15.1. The molecule has 0 bridgehead atoms. The van der Waals surface area contributed by atoms with Gasteiger partial charge in [0, 0.05) is 44.8 Å². The van der Waals surface area contributed by atoms with E-state index in [1.165, 1.54) is 64.6 Å². The van der Waals surface area contributed by atoms with Crippen LogP contribution in [0, 0.1) is 0 Å². The van der Waals surface area contributed by atoms with Crippen molar-refractivity contribution in [2.45, 2.75) is 70.0 Å². The first kappa shape index (κ1) is 17.0. The Kier molecular flexibility index (Phi) is 6.17. The molecule has 1 aliphatic carbocycles. The van der Waals surface area contributed by atoms with Crippen LogP contribution in [0.5, 0.6) is 0 Å². The summed E-state index contributed by atoms with van der Waals surface area (Å²) in [6.07, 6.45) is 9.59. The Morgan fingerprint density at radius 2 is 1.91 bits per heavy atom. The number of likely N-dealkylation sites (N-methyl/N-ethyl adjacent to an activating group) is 1. The van der Waals surface area contributed by atoms with Gasteiger partial charge in [0.2, 0.25) is 0 Å². The number of hydrogen-bond acceptors (Lipinski definition) is 3. The van der Waals surface area contributed by atoms with Crippen LogP contribution in [-0.2, 0) is 0 Å². The Bertz CT molecular complexity index is 391. The highest BCUT2D eigenvalue weighted by Crippen LogP contribution is 2.26. The van der Waals surface area contributed by atoms with Gasteiger partial charge in [-0.15, -0.1) is 0 Å². The molecule has 2 unspecified atom stereocenters. The van der Waals surface area contributed by atoms with Gasteiger partial charge in [0.05, 0.1) is 0 Å². The molecule has 3 rings (SSSR count). The van der Waals surface area contributed by atoms with Crippen molar-refractivity contribution >= 4 is 5.96 Å². The van der Waals surface area contributed by atoms with E-state index in [4.69, 9.17) is 0 Å². The highest BCUT2D eigenvalue weighted by atomic mass is 15.3. The van der Waals surface area contributed by atoms with Crippen molar-refractivity contribution in [3.05, 3.63) is 0 Å². The summed E-state index contributed by atoms with van der Waals surface area (Å²) >= 11 is 0. The standard InChI is InChI=1S/C18H35N5/c1-3-22-11-6-9-17(22)13-20-18(19-2)21-15-10-12-23(14-15)16-7-4-5-8-16/h15-17H,3-14H2,1-2H3,(H2,19,20,21). The van der Waals surface area contributed by atoms with Crippen molar-refractivity contribution in [2.24, 2.45) is 4.99 Å². The van der Waals surface area contributed by atoms with Gasteiger partial charge < -0.3 is 10.6 Å². The third-order valence-corrected chi connectivity index (χ3v) is 6.04. The SMILES string of the molecule is CCN1CCCC1CNC(=NC)NC1CCN(C2CCCC2)C1. The fraction of sp³-hybridized carbons (Fsp3) is 0.944. The summed E-state index contributed by atoms with van der Waals surface area (Å²) < 4.78 is 0. The molecule has 2 N–H and O–H groups in total. The zero-order valence-corrected chi connectivity index (χ0v) is 15.1. The van der Waals surface area contributed by atoms with Gasteiger partial charge in [0.25, 0.3) is 0 Å². The lowest BCUT2D eigenvalue weighted by Gasteiger charge is -2.26. The molecule has 0 aromatic heterocycles. The normalized spacial score (nSPS) is 31.1. The van der Waals surface area contributed by atoms with E-state index in [1.54, 1.807) is 0 Å². The molecule has 2 aliphatic heterocycles. The topological polar surface area (TPSA) is 42.9 Å². The number of guanidine groups is 1. The minimum atomic E-state index is 0.563. The van der Waals surface area contributed by atoms with Crippen molar-refractivity contribution in [3.63, 3.8) is 0 Å². The number of hydrogen-bond donors (Lipinski definition) is 2. The molecule has 0 spiro atoms. The van der Waals surface area contributed by atoms with Gasteiger partial charge in [-0.05, 0) is 45.2 Å². The number of nitrogens with one attached hydrogen (secondary N) is 2. The summed E-state index contributed by atoms with van der Waals surface area (Å²) in [5, 5.41) is 7.22. The van der Waals surface area contributed by atoms with Crippen LogP contribution >= 0.6 is 0 Å². The summed E-state index contributed by atoms with van der Waals surface area (Å²) in [7, 11) is 1.89. The van der Waals surface area contributed by atoms with E-state index in [1.807, 2.05) is 7.05 Å². The third kappa shape index (κ3) is 4.38. The molecule has 5 heteroatoms. The van der Waals surface area contributed by atoms with Gasteiger partial charge in [-0.1, -0.05) is 19.8 Å². The number of rotatable bonds is 5. The van der Waals surface area contributed by atoms with Crippen LogP contribution in [0.15, 0.2) is 4.99 Å². The van der Waals surface area contributed by atoms with E-state index in [0.29, 0.717) is 12.1 Å². The molecule has 0 amide bonds. The molecular formula is C18H35N5. The van der Waals surface area contributed by atoms with E-state index in [2.05, 4.69) is 32.3 Å². The first-order valence-corrected chi connectivity index (χ1v) is 9.75. The van der Waals surface area contributed by atoms with Crippen LogP contribution in [0.2, 0.25) is 0 Å². The maximum Gasteiger partial charge on any atom is 0.191 e. The maximum absolute atomic E-state index is 4.44. The monoisotopic (exact) mass is 321 g/mol. The average molecular weight is 322 g/mol. The van der Waals surface area contributed by atoms with E-state index >= 15 is 0 Å². The molecule has 132 valence electrons. The van der Waals surface area contributed by atoms with Gasteiger partial charge in [0.1, 0.15) is 0 Å². The molecule has 1 saturated carbocycles. The highest BCUT2D eigenvalue weighted by molar-refractivity contribution is 5.80. The second-order valence-electron chi connectivity index (χ2n) is 7.44. The van der Waals surface area contributed by atoms with Crippen molar-refractivity contribution in [3.8, 4) is 0 Å². The van der Waals surface area contributed by atoms with Crippen LogP contribution in [0.25, 0.3) is 0 Å². The van der Waals surface area contributed by atoms with E-state index in [-0.39, 0.29) is 0 Å². The van der Waals surface area contributed by atoms with Gasteiger partial charge in [-0.2, -0.15) is 0 Å². The third-order valence-electron chi connectivity index (χ3n) is 6.04. The molecule has 3 aliphatic rings. The maximum atomic E-state index is 4.44. The lowest BCUT2D eigenvalue weighted by atomic mass is 10.2. The van der Waals surface area contributed by atoms with E-state index in [9.17, 15) is 0 Å². The van der Waals surface area contributed by atoms with Gasteiger partial charge in [0.15, 0.2) is 5.96 Å². The van der Waals surface area contributed by atoms with Crippen molar-refractivity contribution in [2.75, 3.05) is 39.8 Å². The zero-order chi connectivity index (χ0) is 16.1. The highest BCUT2D eigenvalue weighted by Gasteiger charge is 2.30. The summed E-state index contributed by atoms with van der Waals surface area (Å²) in [5.74, 6) is 0.992. The fourth-order valence-corrected chi connectivity index (χ4v) is 4.65. The molecule has 3 fully saturated rings. The van der Waals surface area contributed by atoms with Crippen LogP contribution in [-0.4, -0.2) is 73.7 Å². The molecular weight excluding hydrogens is 286 g/mol. The Morgan fingerprint density at radius 1 is 1.09 bits per heavy atom. The summed E-state index contributed by atoms with van der Waals surface area (Å²) in [5.41, 5.74) is 0. The average Bonchev–Trinajstić information content (AvgIpc) is 3.31. The number of aliphatic imine (C=N–C) groups is 1. The molecule has 0 aromatic rings. The molecule has 2 saturated heterocycles. The van der Waals surface area contributed by atoms with E-state index in [0.717, 1.165) is 25.1 Å². The summed E-state index contributed by atoms with van der Waals surface area (Å²) in [6.45, 7) is 8.15. The number of likely N-dealkylation sites (tertiary alicyclic amines) is 2. The largest absolute Gasteiger partial charge is 0.355 e. The Hall–Kier alpha value is -0.810. The molecule has 5 nitrogen and oxygen atoms in total. The smallest absolute Gasteiger partial charge is 0.191 e. The summed E-state index contributed by atoms with van der Waals surface area (Å²) in [4.78, 5) is 9.73. The first-order chi connectivity index (χ1) is 11.3. The van der Waals surface area contributed by atoms with E-state index < -0.39 is 0 Å². The molecule has 2 heterocycles. The predicted octanol–water partition coefficient (Wildman–Crippen LogP) is 1.65. The quantitative estimate of drug-likeness (QED) is 0.597. The Balaban J connectivity index is 1.41. The molecule has 23 heavy (non-hydrogen) atoms. The molecule has 0 radical (unpaired) electrons. The van der Waals surface area contributed by atoms with Gasteiger partial charge >= 0.3 is 0 Å². The van der Waals surface area contributed by atoms with Crippen LogP contribution < -0.4 is 10.6 Å². The minimum absolute atomic E-state index is 0.563. The van der Waals surface area contributed by atoms with Crippen molar-refractivity contribution in [1.82, 2.24) is 20.4 Å². The van der Waals surface area contributed by atoms with Gasteiger partial charge in [-0.3, -0.25) is 14.8 Å². The van der Waals surface area contributed by atoms with Crippen molar-refractivity contribution in [1.29, 1.82) is 0 Å². The summed E-state index contributed by atoms with van der Waals surface area (Å²) in [6, 6.07) is 2.10. The fourth-order valence-electron chi connectivity index (χ4n) is 4.65. The molecule has 2 atom stereocenters. The first-order valence-electron chi connectivity index (χ1n) is 9.75. The Labute approximate surface area is 141 Å². The van der Waals surface area contributed by atoms with Gasteiger partial charge in [-0.25, -0.2) is 0 Å². The lowest BCUT2D eigenvalue weighted by molar-refractivity contribution is 0.242. The lowest BCUT2D eigenvalue weighted by Crippen LogP contribution is -2.48. The van der Waals surface area contributed by atoms with Crippen LogP contribution in [0.1, 0.15) is 51.9 Å². The van der Waals surface area contributed by atoms with Crippen LogP contribution in [0.3, 0.4) is 0 Å². The minimum Gasteiger partial charge on any atom is -0.355 e.